The molecular weight excluding hydrogens is 224 g/mol. The van der Waals surface area contributed by atoms with Crippen molar-refractivity contribution in [2.24, 2.45) is 11.8 Å². The minimum Gasteiger partial charge on any atom is -0.355 e. The van der Waals surface area contributed by atoms with Crippen LogP contribution in [0.2, 0.25) is 0 Å². The van der Waals surface area contributed by atoms with E-state index in [-0.39, 0.29) is 0 Å². The molecule has 1 aliphatic rings. The quantitative estimate of drug-likeness (QED) is 0.864. The zero-order chi connectivity index (χ0) is 12.8. The predicted octanol–water partition coefficient (Wildman–Crippen LogP) is 1.94. The second kappa shape index (κ2) is 6.69. The van der Waals surface area contributed by atoms with Crippen molar-refractivity contribution < 1.29 is 0 Å². The van der Waals surface area contributed by atoms with E-state index >= 15 is 0 Å². The largest absolute Gasteiger partial charge is 0.355 e. The fourth-order valence-corrected chi connectivity index (χ4v) is 2.48. The minimum atomic E-state index is 0.727. The van der Waals surface area contributed by atoms with Crippen molar-refractivity contribution in [2.75, 3.05) is 31.1 Å². The first-order valence-corrected chi connectivity index (χ1v) is 6.99. The molecule has 4 nitrogen and oxygen atoms in total. The van der Waals surface area contributed by atoms with Crippen LogP contribution in [-0.4, -0.2) is 36.4 Å². The molecular formula is C14H24N4. The van der Waals surface area contributed by atoms with Gasteiger partial charge in [-0.1, -0.05) is 13.8 Å². The summed E-state index contributed by atoms with van der Waals surface area (Å²) in [6, 6.07) is 4.01. The van der Waals surface area contributed by atoms with Crippen molar-refractivity contribution in [2.45, 2.75) is 26.7 Å². The molecule has 2 heterocycles. The van der Waals surface area contributed by atoms with Gasteiger partial charge in [-0.2, -0.15) is 5.10 Å². The third-order valence-electron chi connectivity index (χ3n) is 3.39. The smallest absolute Gasteiger partial charge is 0.151 e. The summed E-state index contributed by atoms with van der Waals surface area (Å²) >= 11 is 0. The van der Waals surface area contributed by atoms with E-state index in [1.165, 1.54) is 12.8 Å². The fraction of sp³-hybridized carbons (Fsp3) is 0.714. The minimum absolute atomic E-state index is 0.727. The van der Waals surface area contributed by atoms with Crippen LogP contribution >= 0.6 is 0 Å². The molecule has 18 heavy (non-hydrogen) atoms. The number of nitrogens with one attached hydrogen (secondary N) is 1. The second-order valence-corrected chi connectivity index (χ2v) is 5.59. The number of aromatic nitrogens is 2. The molecule has 100 valence electrons. The van der Waals surface area contributed by atoms with E-state index in [2.05, 4.69) is 40.3 Å². The van der Waals surface area contributed by atoms with Crippen molar-refractivity contribution in [1.29, 1.82) is 0 Å². The van der Waals surface area contributed by atoms with E-state index < -0.39 is 0 Å². The fourth-order valence-electron chi connectivity index (χ4n) is 2.48. The van der Waals surface area contributed by atoms with Gasteiger partial charge in [-0.15, -0.1) is 5.10 Å². The van der Waals surface area contributed by atoms with Crippen LogP contribution in [0.3, 0.4) is 0 Å². The van der Waals surface area contributed by atoms with Crippen LogP contribution in [0.4, 0.5) is 5.82 Å². The predicted molar refractivity (Wildman–Crippen MR) is 74.7 cm³/mol. The molecule has 0 saturated carbocycles. The summed E-state index contributed by atoms with van der Waals surface area (Å²) in [6.45, 7) is 8.94. The van der Waals surface area contributed by atoms with Crippen LogP contribution < -0.4 is 10.2 Å². The summed E-state index contributed by atoms with van der Waals surface area (Å²) in [5.74, 6) is 2.48. The van der Waals surface area contributed by atoms with Crippen molar-refractivity contribution in [1.82, 2.24) is 15.5 Å². The average Bonchev–Trinajstić information content (AvgIpc) is 2.40. The van der Waals surface area contributed by atoms with Gasteiger partial charge in [0.05, 0.1) is 0 Å². The summed E-state index contributed by atoms with van der Waals surface area (Å²) in [5.41, 5.74) is 0. The Hall–Kier alpha value is -1.16. The Morgan fingerprint density at radius 3 is 3.11 bits per heavy atom. The molecule has 1 aromatic heterocycles. The average molecular weight is 248 g/mol. The molecule has 4 heteroatoms. The molecule has 0 radical (unpaired) electrons. The Kier molecular flexibility index (Phi) is 4.93. The molecule has 0 amide bonds. The Morgan fingerprint density at radius 2 is 2.39 bits per heavy atom. The van der Waals surface area contributed by atoms with Gasteiger partial charge in [0.1, 0.15) is 0 Å². The summed E-state index contributed by atoms with van der Waals surface area (Å²) < 4.78 is 0. The first-order valence-electron chi connectivity index (χ1n) is 6.99. The van der Waals surface area contributed by atoms with Gasteiger partial charge in [-0.05, 0) is 49.9 Å². The van der Waals surface area contributed by atoms with E-state index in [0.29, 0.717) is 0 Å². The van der Waals surface area contributed by atoms with E-state index in [9.17, 15) is 0 Å². The number of nitrogens with zero attached hydrogens (tertiary/aromatic N) is 3. The maximum absolute atomic E-state index is 4.20. The van der Waals surface area contributed by atoms with Gasteiger partial charge < -0.3 is 10.2 Å². The molecule has 1 saturated heterocycles. The molecule has 1 fully saturated rings. The van der Waals surface area contributed by atoms with E-state index in [1.807, 2.05) is 6.07 Å². The molecule has 0 aliphatic carbocycles. The van der Waals surface area contributed by atoms with Crippen LogP contribution in [0.15, 0.2) is 18.3 Å². The van der Waals surface area contributed by atoms with Gasteiger partial charge in [0, 0.05) is 19.3 Å². The maximum atomic E-state index is 4.20. The van der Waals surface area contributed by atoms with Crippen molar-refractivity contribution in [3.63, 3.8) is 0 Å². The standard InChI is InChI=1S/C14H24N4/c1-12(2)9-15-10-13-5-4-8-18(11-13)14-6-3-7-16-17-14/h3,6-7,12-13,15H,4-5,8-11H2,1-2H3. The highest BCUT2D eigenvalue weighted by atomic mass is 15.3. The van der Waals surface area contributed by atoms with Gasteiger partial charge in [0.2, 0.25) is 0 Å². The molecule has 0 spiro atoms. The molecule has 1 aromatic rings. The first-order chi connectivity index (χ1) is 8.75. The lowest BCUT2D eigenvalue weighted by Crippen LogP contribution is -2.40. The lowest BCUT2D eigenvalue weighted by molar-refractivity contribution is 0.381. The number of hydrogen-bond acceptors (Lipinski definition) is 4. The van der Waals surface area contributed by atoms with Crippen molar-refractivity contribution in [3.8, 4) is 0 Å². The van der Waals surface area contributed by atoms with Crippen LogP contribution in [0.1, 0.15) is 26.7 Å². The van der Waals surface area contributed by atoms with Crippen LogP contribution in [0, 0.1) is 11.8 Å². The Morgan fingerprint density at radius 1 is 1.50 bits per heavy atom. The van der Waals surface area contributed by atoms with Gasteiger partial charge in [0.25, 0.3) is 0 Å². The van der Waals surface area contributed by atoms with E-state index in [1.54, 1.807) is 6.20 Å². The van der Waals surface area contributed by atoms with Crippen molar-refractivity contribution in [3.05, 3.63) is 18.3 Å². The van der Waals surface area contributed by atoms with Crippen LogP contribution in [0.5, 0.6) is 0 Å². The number of anilines is 1. The Bertz CT molecular complexity index is 339. The zero-order valence-electron chi connectivity index (χ0n) is 11.5. The van der Waals surface area contributed by atoms with Gasteiger partial charge in [-0.25, -0.2) is 0 Å². The number of rotatable bonds is 5. The number of piperidine rings is 1. The lowest BCUT2D eigenvalue weighted by atomic mass is 9.98. The molecule has 1 N–H and O–H groups in total. The summed E-state index contributed by atoms with van der Waals surface area (Å²) in [5, 5.41) is 11.7. The Balaban J connectivity index is 1.81. The summed E-state index contributed by atoms with van der Waals surface area (Å²) in [4.78, 5) is 2.36. The van der Waals surface area contributed by atoms with E-state index in [4.69, 9.17) is 0 Å². The SMILES string of the molecule is CC(C)CNCC1CCCN(c2cccnn2)C1. The normalized spacial score (nSPS) is 20.4. The van der Waals surface area contributed by atoms with Gasteiger partial charge >= 0.3 is 0 Å². The first kappa shape index (κ1) is 13.3. The lowest BCUT2D eigenvalue weighted by Gasteiger charge is -2.33. The molecule has 1 aliphatic heterocycles. The van der Waals surface area contributed by atoms with Crippen molar-refractivity contribution >= 4 is 5.82 Å². The van der Waals surface area contributed by atoms with Crippen LogP contribution in [-0.2, 0) is 0 Å². The van der Waals surface area contributed by atoms with Crippen LogP contribution in [0.25, 0.3) is 0 Å². The zero-order valence-corrected chi connectivity index (χ0v) is 11.5. The molecule has 1 atom stereocenters. The Labute approximate surface area is 110 Å². The van der Waals surface area contributed by atoms with Gasteiger partial charge in [0.15, 0.2) is 5.82 Å². The highest BCUT2D eigenvalue weighted by molar-refractivity contribution is 5.36. The summed E-state index contributed by atoms with van der Waals surface area (Å²) in [6.07, 6.45) is 4.31. The monoisotopic (exact) mass is 248 g/mol. The third-order valence-corrected chi connectivity index (χ3v) is 3.39. The maximum Gasteiger partial charge on any atom is 0.151 e. The molecule has 0 aromatic carbocycles. The highest BCUT2D eigenvalue weighted by Crippen LogP contribution is 2.20. The second-order valence-electron chi connectivity index (χ2n) is 5.59. The van der Waals surface area contributed by atoms with Gasteiger partial charge in [-0.3, -0.25) is 0 Å². The molecule has 1 unspecified atom stereocenters. The number of hydrogen-bond donors (Lipinski definition) is 1. The third kappa shape index (κ3) is 3.95. The molecule has 0 bridgehead atoms. The summed E-state index contributed by atoms with van der Waals surface area (Å²) in [7, 11) is 0. The molecule has 2 rings (SSSR count). The highest BCUT2D eigenvalue weighted by Gasteiger charge is 2.20. The topological polar surface area (TPSA) is 41.0 Å². The van der Waals surface area contributed by atoms with E-state index in [0.717, 1.165) is 43.8 Å².